The second kappa shape index (κ2) is 5.48. The van der Waals surface area contributed by atoms with Crippen LogP contribution in [0, 0.1) is 0 Å². The minimum absolute atomic E-state index is 0.343. The quantitative estimate of drug-likeness (QED) is 0.902. The molecule has 1 atom stereocenters. The molecule has 0 spiro atoms. The minimum Gasteiger partial charge on any atom is -0.376 e. The molecule has 104 valence electrons. The molecule has 6 heteroatoms. The summed E-state index contributed by atoms with van der Waals surface area (Å²) in [5, 5.41) is 2.06. The summed E-state index contributed by atoms with van der Waals surface area (Å²) in [5.74, 6) is 1.05. The molecule has 1 saturated heterocycles. The van der Waals surface area contributed by atoms with Crippen LogP contribution in [0.5, 0.6) is 0 Å². The molecule has 0 amide bonds. The first-order chi connectivity index (χ1) is 9.29. The van der Waals surface area contributed by atoms with Crippen molar-refractivity contribution in [2.45, 2.75) is 25.4 Å². The van der Waals surface area contributed by atoms with Crippen LogP contribution in [-0.2, 0) is 11.2 Å². The second-order valence-electron chi connectivity index (χ2n) is 4.99. The van der Waals surface area contributed by atoms with E-state index in [0.29, 0.717) is 12.6 Å². The number of thiazole rings is 1. The molecular formula is C13H20N4OS. The van der Waals surface area contributed by atoms with E-state index in [1.54, 1.807) is 11.3 Å². The summed E-state index contributed by atoms with van der Waals surface area (Å²) in [4.78, 5) is 7.98. The van der Waals surface area contributed by atoms with Gasteiger partial charge in [-0.2, -0.15) is 0 Å². The third-order valence-corrected chi connectivity index (χ3v) is 4.34. The number of rotatable bonds is 5. The first-order valence-electron chi connectivity index (χ1n) is 6.77. The third kappa shape index (κ3) is 2.48. The zero-order valence-corrected chi connectivity index (χ0v) is 12.0. The lowest BCUT2D eigenvalue weighted by Gasteiger charge is -2.21. The largest absolute Gasteiger partial charge is 0.376 e. The zero-order valence-electron chi connectivity index (χ0n) is 11.2. The first kappa shape index (κ1) is 12.9. The number of imidazole rings is 1. The van der Waals surface area contributed by atoms with E-state index >= 15 is 0 Å². The van der Waals surface area contributed by atoms with Crippen molar-refractivity contribution >= 4 is 22.1 Å². The molecule has 19 heavy (non-hydrogen) atoms. The summed E-state index contributed by atoms with van der Waals surface area (Å²) < 4.78 is 7.85. The Morgan fingerprint density at radius 3 is 3.26 bits per heavy atom. The van der Waals surface area contributed by atoms with Crippen molar-refractivity contribution < 1.29 is 4.74 Å². The Morgan fingerprint density at radius 2 is 2.53 bits per heavy atom. The van der Waals surface area contributed by atoms with Gasteiger partial charge >= 0.3 is 0 Å². The van der Waals surface area contributed by atoms with Crippen LogP contribution in [0.4, 0.5) is 5.82 Å². The molecule has 0 aliphatic carbocycles. The normalized spacial score (nSPS) is 19.4. The van der Waals surface area contributed by atoms with Gasteiger partial charge < -0.3 is 15.4 Å². The average Bonchev–Trinajstić information content (AvgIpc) is 3.07. The van der Waals surface area contributed by atoms with Gasteiger partial charge in [-0.25, -0.2) is 4.98 Å². The summed E-state index contributed by atoms with van der Waals surface area (Å²) in [5.41, 5.74) is 6.94. The summed E-state index contributed by atoms with van der Waals surface area (Å²) in [7, 11) is 2.09. The fourth-order valence-corrected chi connectivity index (χ4v) is 3.40. The Bertz CT molecular complexity index is 544. The smallest absolute Gasteiger partial charge is 0.195 e. The number of nitrogens with two attached hydrogens (primary N) is 1. The lowest BCUT2D eigenvalue weighted by molar-refractivity contribution is 0.116. The number of hydrogen-bond acceptors (Lipinski definition) is 5. The van der Waals surface area contributed by atoms with E-state index in [9.17, 15) is 0 Å². The fraction of sp³-hybridized carbons (Fsp3) is 0.615. The predicted molar refractivity (Wildman–Crippen MR) is 78.1 cm³/mol. The minimum atomic E-state index is 0.343. The van der Waals surface area contributed by atoms with E-state index in [2.05, 4.69) is 27.9 Å². The van der Waals surface area contributed by atoms with E-state index in [0.717, 1.165) is 36.8 Å². The van der Waals surface area contributed by atoms with Gasteiger partial charge in [0.05, 0.1) is 11.8 Å². The number of likely N-dealkylation sites (N-methyl/N-ethyl adjacent to an activating group) is 1. The van der Waals surface area contributed by atoms with Gasteiger partial charge in [-0.3, -0.25) is 4.40 Å². The molecule has 1 unspecified atom stereocenters. The number of ether oxygens (including phenoxy) is 1. The monoisotopic (exact) mass is 280 g/mol. The van der Waals surface area contributed by atoms with Crippen molar-refractivity contribution in [2.24, 2.45) is 5.73 Å². The predicted octanol–water partition coefficient (Wildman–Crippen LogP) is 1.51. The molecule has 2 N–H and O–H groups in total. The number of anilines is 1. The van der Waals surface area contributed by atoms with Crippen LogP contribution in [0.25, 0.3) is 4.96 Å². The molecule has 2 aromatic heterocycles. The summed E-state index contributed by atoms with van der Waals surface area (Å²) >= 11 is 1.66. The van der Waals surface area contributed by atoms with Crippen LogP contribution in [0.1, 0.15) is 18.5 Å². The fourth-order valence-electron chi connectivity index (χ4n) is 2.68. The van der Waals surface area contributed by atoms with Gasteiger partial charge in [0, 0.05) is 38.2 Å². The molecule has 1 aliphatic heterocycles. The maximum Gasteiger partial charge on any atom is 0.195 e. The Kier molecular flexibility index (Phi) is 3.72. The van der Waals surface area contributed by atoms with Crippen LogP contribution in [0.3, 0.4) is 0 Å². The highest BCUT2D eigenvalue weighted by atomic mass is 32.1. The van der Waals surface area contributed by atoms with Crippen LogP contribution < -0.4 is 10.6 Å². The van der Waals surface area contributed by atoms with Crippen LogP contribution in [0.2, 0.25) is 0 Å². The van der Waals surface area contributed by atoms with Gasteiger partial charge in [-0.05, 0) is 19.4 Å². The SMILES string of the molecule is CN(CC1CCCO1)c1nc2sccn2c1CCN. The van der Waals surface area contributed by atoms with Crippen molar-refractivity contribution in [3.63, 3.8) is 0 Å². The van der Waals surface area contributed by atoms with E-state index in [1.165, 1.54) is 12.1 Å². The van der Waals surface area contributed by atoms with E-state index in [1.807, 2.05) is 0 Å². The Labute approximate surface area is 117 Å². The Balaban J connectivity index is 1.85. The maximum absolute atomic E-state index is 5.73. The highest BCUT2D eigenvalue weighted by Gasteiger charge is 2.21. The summed E-state index contributed by atoms with van der Waals surface area (Å²) in [6.07, 6.45) is 5.59. The average molecular weight is 280 g/mol. The molecule has 0 radical (unpaired) electrons. The lowest BCUT2D eigenvalue weighted by atomic mass is 10.2. The second-order valence-corrected chi connectivity index (χ2v) is 5.86. The van der Waals surface area contributed by atoms with Gasteiger partial charge in [0.1, 0.15) is 0 Å². The molecule has 0 bridgehead atoms. The van der Waals surface area contributed by atoms with E-state index in [-0.39, 0.29) is 0 Å². The summed E-state index contributed by atoms with van der Waals surface area (Å²) in [6.45, 7) is 2.44. The lowest BCUT2D eigenvalue weighted by Crippen LogP contribution is -2.29. The van der Waals surface area contributed by atoms with Crippen molar-refractivity contribution in [1.82, 2.24) is 9.38 Å². The molecule has 0 aromatic carbocycles. The summed E-state index contributed by atoms with van der Waals surface area (Å²) in [6, 6.07) is 0. The van der Waals surface area contributed by atoms with Crippen molar-refractivity contribution in [1.29, 1.82) is 0 Å². The highest BCUT2D eigenvalue weighted by Crippen LogP contribution is 2.25. The van der Waals surface area contributed by atoms with Crippen molar-refractivity contribution in [2.75, 3.05) is 31.6 Å². The highest BCUT2D eigenvalue weighted by molar-refractivity contribution is 7.15. The molecule has 0 saturated carbocycles. The molecule has 1 aliphatic rings. The molecule has 1 fully saturated rings. The topological polar surface area (TPSA) is 55.8 Å². The van der Waals surface area contributed by atoms with Gasteiger partial charge in [0.25, 0.3) is 0 Å². The zero-order chi connectivity index (χ0) is 13.2. The van der Waals surface area contributed by atoms with E-state index < -0.39 is 0 Å². The third-order valence-electron chi connectivity index (χ3n) is 3.58. The van der Waals surface area contributed by atoms with Gasteiger partial charge in [0.15, 0.2) is 10.8 Å². The number of aromatic nitrogens is 2. The van der Waals surface area contributed by atoms with Crippen LogP contribution in [0.15, 0.2) is 11.6 Å². The van der Waals surface area contributed by atoms with Gasteiger partial charge in [-0.1, -0.05) is 0 Å². The number of fused-ring (bicyclic) bond motifs is 1. The number of nitrogens with zero attached hydrogens (tertiary/aromatic N) is 3. The molecular weight excluding hydrogens is 260 g/mol. The van der Waals surface area contributed by atoms with Crippen molar-refractivity contribution in [3.05, 3.63) is 17.3 Å². The standard InChI is InChI=1S/C13H20N4OS/c1-16(9-10-3-2-7-18-10)12-11(4-5-14)17-6-8-19-13(17)15-12/h6,8,10H,2-5,7,9,14H2,1H3. The van der Waals surface area contributed by atoms with Crippen LogP contribution >= 0.6 is 11.3 Å². The molecule has 2 aromatic rings. The van der Waals surface area contributed by atoms with Gasteiger partial charge in [0.2, 0.25) is 0 Å². The number of hydrogen-bond donors (Lipinski definition) is 1. The van der Waals surface area contributed by atoms with Crippen molar-refractivity contribution in [3.8, 4) is 0 Å². The molecule has 3 heterocycles. The van der Waals surface area contributed by atoms with E-state index in [4.69, 9.17) is 15.5 Å². The molecule has 3 rings (SSSR count). The maximum atomic E-state index is 5.73. The first-order valence-corrected chi connectivity index (χ1v) is 7.65. The Morgan fingerprint density at radius 1 is 1.63 bits per heavy atom. The Hall–Kier alpha value is -1.11. The van der Waals surface area contributed by atoms with Crippen LogP contribution in [-0.4, -0.2) is 42.2 Å². The molecule has 5 nitrogen and oxygen atoms in total. The van der Waals surface area contributed by atoms with Gasteiger partial charge in [-0.15, -0.1) is 11.3 Å².